The molecule has 1 saturated carbocycles. The van der Waals surface area contributed by atoms with Crippen molar-refractivity contribution < 1.29 is 14.6 Å². The van der Waals surface area contributed by atoms with Crippen LogP contribution in [0.5, 0.6) is 0 Å². The second-order valence-electron chi connectivity index (χ2n) is 4.21. The number of rotatable bonds is 0. The Labute approximate surface area is 89.4 Å². The second-order valence-corrected chi connectivity index (χ2v) is 4.21. The van der Waals surface area contributed by atoms with Crippen LogP contribution in [0.1, 0.15) is 19.3 Å². The van der Waals surface area contributed by atoms with Crippen molar-refractivity contribution in [2.75, 3.05) is 20.2 Å². The van der Waals surface area contributed by atoms with Gasteiger partial charge in [-0.1, -0.05) is 0 Å². The van der Waals surface area contributed by atoms with E-state index in [0.717, 1.165) is 25.8 Å². The summed E-state index contributed by atoms with van der Waals surface area (Å²) in [7, 11) is 1.40. The van der Waals surface area contributed by atoms with Gasteiger partial charge in [-0.05, 0) is 19.3 Å². The number of piperazine rings is 1. The third kappa shape index (κ3) is 1.94. The Bertz CT molecular complexity index is 247. The molecule has 0 bridgehead atoms. The molecule has 3 unspecified atom stereocenters. The molecule has 2 fully saturated rings. The molecule has 0 radical (unpaired) electrons. The van der Waals surface area contributed by atoms with E-state index in [1.807, 2.05) is 0 Å². The zero-order chi connectivity index (χ0) is 10.8. The Morgan fingerprint density at radius 1 is 1.53 bits per heavy atom. The molecule has 3 atom stereocenters. The zero-order valence-corrected chi connectivity index (χ0v) is 8.98. The molecule has 2 aliphatic rings. The lowest BCUT2D eigenvalue weighted by Gasteiger charge is -2.45. The van der Waals surface area contributed by atoms with E-state index in [4.69, 9.17) is 4.74 Å². The lowest BCUT2D eigenvalue weighted by molar-refractivity contribution is 0.00411. The van der Waals surface area contributed by atoms with Crippen LogP contribution in [-0.4, -0.2) is 54.5 Å². The SMILES string of the molecule is COC(=O)N1CCNC2C(O)CCCC21. The van der Waals surface area contributed by atoms with Crippen LogP contribution in [0.15, 0.2) is 0 Å². The topological polar surface area (TPSA) is 61.8 Å². The van der Waals surface area contributed by atoms with Crippen molar-refractivity contribution in [1.82, 2.24) is 10.2 Å². The molecule has 1 aliphatic carbocycles. The predicted molar refractivity (Wildman–Crippen MR) is 54.5 cm³/mol. The Hall–Kier alpha value is -0.810. The van der Waals surface area contributed by atoms with Crippen LogP contribution < -0.4 is 5.32 Å². The summed E-state index contributed by atoms with van der Waals surface area (Å²) in [5, 5.41) is 13.1. The Morgan fingerprint density at radius 3 is 3.07 bits per heavy atom. The minimum absolute atomic E-state index is 0.0200. The Balaban J connectivity index is 2.09. The summed E-state index contributed by atoms with van der Waals surface area (Å²) in [6.07, 6.45) is 2.13. The molecule has 0 aromatic heterocycles. The van der Waals surface area contributed by atoms with Gasteiger partial charge in [-0.2, -0.15) is 0 Å². The average Bonchev–Trinajstić information content (AvgIpc) is 2.28. The Morgan fingerprint density at radius 2 is 2.33 bits per heavy atom. The van der Waals surface area contributed by atoms with Crippen molar-refractivity contribution in [2.24, 2.45) is 0 Å². The van der Waals surface area contributed by atoms with Crippen LogP contribution in [0.4, 0.5) is 4.79 Å². The summed E-state index contributed by atoms with van der Waals surface area (Å²) in [5.74, 6) is 0. The molecule has 5 heteroatoms. The first-order chi connectivity index (χ1) is 7.24. The first kappa shape index (κ1) is 10.7. The number of fused-ring (bicyclic) bond motifs is 1. The average molecular weight is 214 g/mol. The molecule has 15 heavy (non-hydrogen) atoms. The van der Waals surface area contributed by atoms with Gasteiger partial charge in [-0.3, -0.25) is 0 Å². The highest BCUT2D eigenvalue weighted by Crippen LogP contribution is 2.26. The minimum atomic E-state index is -0.337. The van der Waals surface area contributed by atoms with Crippen LogP contribution in [0.3, 0.4) is 0 Å². The number of carbonyl (C=O) groups is 1. The number of hydrogen-bond donors (Lipinski definition) is 2. The van der Waals surface area contributed by atoms with Gasteiger partial charge in [0.05, 0.1) is 25.3 Å². The minimum Gasteiger partial charge on any atom is -0.453 e. The number of amides is 1. The summed E-state index contributed by atoms with van der Waals surface area (Å²) in [6, 6.07) is 0.113. The predicted octanol–water partition coefficient (Wildman–Crippen LogP) is -0.0600. The van der Waals surface area contributed by atoms with Gasteiger partial charge in [0.2, 0.25) is 0 Å². The number of carbonyl (C=O) groups excluding carboxylic acids is 1. The Kier molecular flexibility index (Phi) is 3.11. The van der Waals surface area contributed by atoms with Crippen molar-refractivity contribution in [2.45, 2.75) is 37.5 Å². The summed E-state index contributed by atoms with van der Waals surface area (Å²) in [6.45, 7) is 1.40. The van der Waals surface area contributed by atoms with Crippen molar-refractivity contribution >= 4 is 6.09 Å². The largest absolute Gasteiger partial charge is 0.453 e. The fraction of sp³-hybridized carbons (Fsp3) is 0.900. The van der Waals surface area contributed by atoms with Crippen LogP contribution in [0, 0.1) is 0 Å². The highest BCUT2D eigenvalue weighted by atomic mass is 16.5. The zero-order valence-electron chi connectivity index (χ0n) is 8.98. The molecular weight excluding hydrogens is 196 g/mol. The number of aliphatic hydroxyl groups is 1. The molecule has 1 heterocycles. The van der Waals surface area contributed by atoms with Crippen LogP contribution >= 0.6 is 0 Å². The van der Waals surface area contributed by atoms with Crippen molar-refractivity contribution in [3.8, 4) is 0 Å². The number of methoxy groups -OCH3 is 1. The third-order valence-corrected chi connectivity index (χ3v) is 3.37. The van der Waals surface area contributed by atoms with Crippen LogP contribution in [-0.2, 0) is 4.74 Å². The summed E-state index contributed by atoms with van der Waals surface area (Å²) < 4.78 is 4.75. The van der Waals surface area contributed by atoms with E-state index in [0.29, 0.717) is 6.54 Å². The third-order valence-electron chi connectivity index (χ3n) is 3.37. The monoisotopic (exact) mass is 214 g/mol. The van der Waals surface area contributed by atoms with Gasteiger partial charge in [0, 0.05) is 13.1 Å². The van der Waals surface area contributed by atoms with Crippen LogP contribution in [0.25, 0.3) is 0 Å². The van der Waals surface area contributed by atoms with E-state index in [1.54, 1.807) is 4.90 Å². The van der Waals surface area contributed by atoms with Gasteiger partial charge >= 0.3 is 6.09 Å². The number of nitrogens with zero attached hydrogens (tertiary/aromatic N) is 1. The summed E-state index contributed by atoms with van der Waals surface area (Å²) in [4.78, 5) is 13.3. The van der Waals surface area contributed by atoms with Gasteiger partial charge in [0.15, 0.2) is 0 Å². The molecule has 1 aliphatic heterocycles. The van der Waals surface area contributed by atoms with E-state index in [-0.39, 0.29) is 24.3 Å². The first-order valence-corrected chi connectivity index (χ1v) is 5.50. The van der Waals surface area contributed by atoms with E-state index < -0.39 is 0 Å². The number of nitrogens with one attached hydrogen (secondary N) is 1. The van der Waals surface area contributed by atoms with Crippen molar-refractivity contribution in [3.63, 3.8) is 0 Å². The molecule has 0 aromatic carbocycles. The molecule has 86 valence electrons. The normalized spacial score (nSPS) is 35.9. The van der Waals surface area contributed by atoms with Gasteiger partial charge in [0.25, 0.3) is 0 Å². The van der Waals surface area contributed by atoms with E-state index in [1.165, 1.54) is 7.11 Å². The van der Waals surface area contributed by atoms with Gasteiger partial charge in [0.1, 0.15) is 0 Å². The lowest BCUT2D eigenvalue weighted by atomic mass is 9.85. The summed E-state index contributed by atoms with van der Waals surface area (Å²) in [5.41, 5.74) is 0. The molecule has 2 rings (SSSR count). The number of hydrogen-bond acceptors (Lipinski definition) is 4. The smallest absolute Gasteiger partial charge is 0.409 e. The number of ether oxygens (including phenoxy) is 1. The fourth-order valence-electron chi connectivity index (χ4n) is 2.63. The van der Waals surface area contributed by atoms with Gasteiger partial charge < -0.3 is 20.1 Å². The molecule has 0 spiro atoms. The molecule has 1 amide bonds. The summed E-state index contributed by atoms with van der Waals surface area (Å²) >= 11 is 0. The molecular formula is C10H18N2O3. The molecule has 0 aromatic rings. The molecule has 5 nitrogen and oxygen atoms in total. The standard InChI is InChI=1S/C10H18N2O3/c1-15-10(14)12-6-5-11-9-7(12)3-2-4-8(9)13/h7-9,11,13H,2-6H2,1H3. The maximum atomic E-state index is 11.5. The molecule has 2 N–H and O–H groups in total. The van der Waals surface area contributed by atoms with E-state index in [2.05, 4.69) is 5.32 Å². The number of aliphatic hydroxyl groups excluding tert-OH is 1. The van der Waals surface area contributed by atoms with Crippen LogP contribution in [0.2, 0.25) is 0 Å². The maximum absolute atomic E-state index is 11.5. The first-order valence-electron chi connectivity index (χ1n) is 5.50. The fourth-order valence-corrected chi connectivity index (χ4v) is 2.63. The highest BCUT2D eigenvalue weighted by molar-refractivity contribution is 5.68. The van der Waals surface area contributed by atoms with Crippen molar-refractivity contribution in [3.05, 3.63) is 0 Å². The maximum Gasteiger partial charge on any atom is 0.409 e. The second kappa shape index (κ2) is 4.37. The van der Waals surface area contributed by atoms with E-state index in [9.17, 15) is 9.90 Å². The van der Waals surface area contributed by atoms with Gasteiger partial charge in [-0.15, -0.1) is 0 Å². The highest BCUT2D eigenvalue weighted by Gasteiger charge is 2.40. The van der Waals surface area contributed by atoms with Crippen molar-refractivity contribution in [1.29, 1.82) is 0 Å². The van der Waals surface area contributed by atoms with E-state index >= 15 is 0 Å². The van der Waals surface area contributed by atoms with Gasteiger partial charge in [-0.25, -0.2) is 4.79 Å². The lowest BCUT2D eigenvalue weighted by Crippen LogP contribution is -2.64. The molecule has 1 saturated heterocycles. The quantitative estimate of drug-likeness (QED) is 0.593.